The van der Waals surface area contributed by atoms with Gasteiger partial charge in [-0.25, -0.2) is 0 Å². The molecule has 1 saturated carbocycles. The van der Waals surface area contributed by atoms with Crippen LogP contribution >= 0.6 is 0 Å². The third-order valence-electron chi connectivity index (χ3n) is 2.73. The van der Waals surface area contributed by atoms with E-state index in [4.69, 9.17) is 5.26 Å². The van der Waals surface area contributed by atoms with Crippen molar-refractivity contribution in [1.82, 2.24) is 5.32 Å². The normalized spacial score (nSPS) is 16.9. The third-order valence-corrected chi connectivity index (χ3v) is 2.73. The van der Waals surface area contributed by atoms with Crippen molar-refractivity contribution < 1.29 is 4.79 Å². The predicted molar refractivity (Wildman–Crippen MR) is 54.4 cm³/mol. The molecule has 0 spiro atoms. The van der Waals surface area contributed by atoms with E-state index in [0.29, 0.717) is 18.9 Å². The minimum Gasteiger partial charge on any atom is -0.355 e. The molecule has 3 heteroatoms. The van der Waals surface area contributed by atoms with Gasteiger partial charge in [0.2, 0.25) is 5.91 Å². The van der Waals surface area contributed by atoms with Gasteiger partial charge in [0.05, 0.1) is 11.5 Å². The highest BCUT2D eigenvalue weighted by atomic mass is 16.1. The van der Waals surface area contributed by atoms with Crippen molar-refractivity contribution in [2.45, 2.75) is 39.5 Å². The van der Waals surface area contributed by atoms with Crippen molar-refractivity contribution in [2.75, 3.05) is 6.54 Å². The van der Waals surface area contributed by atoms with Crippen LogP contribution in [0.3, 0.4) is 0 Å². The molecule has 0 heterocycles. The molecular formula is C11H18N2O. The zero-order chi connectivity index (χ0) is 10.6. The highest BCUT2D eigenvalue weighted by Crippen LogP contribution is 2.29. The number of nitrogens with one attached hydrogen (secondary N) is 1. The van der Waals surface area contributed by atoms with Gasteiger partial charge in [0, 0.05) is 13.0 Å². The topological polar surface area (TPSA) is 52.9 Å². The minimum atomic E-state index is -0.449. The van der Waals surface area contributed by atoms with Gasteiger partial charge in [-0.15, -0.1) is 0 Å². The van der Waals surface area contributed by atoms with Crippen molar-refractivity contribution in [1.29, 1.82) is 5.26 Å². The molecule has 1 amide bonds. The van der Waals surface area contributed by atoms with Gasteiger partial charge in [-0.3, -0.25) is 4.79 Å². The molecule has 0 bridgehead atoms. The van der Waals surface area contributed by atoms with Crippen LogP contribution in [0.5, 0.6) is 0 Å². The van der Waals surface area contributed by atoms with Gasteiger partial charge in [-0.2, -0.15) is 5.26 Å². The number of hydrogen-bond donors (Lipinski definition) is 1. The molecule has 1 aliphatic rings. The highest BCUT2D eigenvalue weighted by Gasteiger charge is 2.22. The number of nitrogens with zero attached hydrogens (tertiary/aromatic N) is 1. The summed E-state index contributed by atoms with van der Waals surface area (Å²) in [5.41, 5.74) is -0.449. The Morgan fingerprint density at radius 2 is 2.21 bits per heavy atom. The zero-order valence-corrected chi connectivity index (χ0v) is 8.97. The van der Waals surface area contributed by atoms with E-state index >= 15 is 0 Å². The van der Waals surface area contributed by atoms with Gasteiger partial charge >= 0.3 is 0 Å². The molecule has 0 aromatic rings. The lowest BCUT2D eigenvalue weighted by molar-refractivity contribution is -0.122. The van der Waals surface area contributed by atoms with E-state index in [0.717, 1.165) is 0 Å². The summed E-state index contributed by atoms with van der Waals surface area (Å²) in [5, 5.41) is 11.6. The number of nitriles is 1. The Hall–Kier alpha value is -1.04. The first kappa shape index (κ1) is 11.0. The summed E-state index contributed by atoms with van der Waals surface area (Å²) in [6.45, 7) is 4.11. The van der Waals surface area contributed by atoms with Crippen molar-refractivity contribution in [3.05, 3.63) is 0 Å². The fraction of sp³-hybridized carbons (Fsp3) is 0.818. The van der Waals surface area contributed by atoms with Crippen LogP contribution in [-0.2, 0) is 4.79 Å². The molecule has 3 nitrogen and oxygen atoms in total. The molecule has 1 N–H and O–H groups in total. The smallest absolute Gasteiger partial charge is 0.220 e. The summed E-state index contributed by atoms with van der Waals surface area (Å²) in [4.78, 5) is 11.4. The Morgan fingerprint density at radius 1 is 1.57 bits per heavy atom. The maximum atomic E-state index is 11.4. The molecule has 1 rings (SSSR count). The highest BCUT2D eigenvalue weighted by molar-refractivity contribution is 5.76. The number of amides is 1. The van der Waals surface area contributed by atoms with Crippen LogP contribution in [-0.4, -0.2) is 12.5 Å². The van der Waals surface area contributed by atoms with Gasteiger partial charge < -0.3 is 5.32 Å². The molecule has 0 saturated heterocycles. The standard InChI is InChI=1S/C11H18N2O/c1-11(2,7-12)8-13-10(14)6-9-4-3-5-9/h9H,3-6,8H2,1-2H3,(H,13,14). The van der Waals surface area contributed by atoms with Crippen molar-refractivity contribution >= 4 is 5.91 Å². The Labute approximate surface area is 85.5 Å². The van der Waals surface area contributed by atoms with E-state index in [9.17, 15) is 4.79 Å². The van der Waals surface area contributed by atoms with Crippen LogP contribution < -0.4 is 5.32 Å². The molecular weight excluding hydrogens is 176 g/mol. The van der Waals surface area contributed by atoms with E-state index in [1.54, 1.807) is 0 Å². The molecule has 0 atom stereocenters. The van der Waals surface area contributed by atoms with Crippen molar-refractivity contribution in [3.63, 3.8) is 0 Å². The van der Waals surface area contributed by atoms with Crippen LogP contribution in [0.1, 0.15) is 39.5 Å². The van der Waals surface area contributed by atoms with Crippen LogP contribution in [0.25, 0.3) is 0 Å². The second-order valence-corrected chi connectivity index (χ2v) is 4.77. The van der Waals surface area contributed by atoms with E-state index in [1.807, 2.05) is 13.8 Å². The maximum Gasteiger partial charge on any atom is 0.220 e. The monoisotopic (exact) mass is 194 g/mol. The molecule has 0 aromatic heterocycles. The van der Waals surface area contributed by atoms with Crippen molar-refractivity contribution in [2.24, 2.45) is 11.3 Å². The molecule has 78 valence electrons. The zero-order valence-electron chi connectivity index (χ0n) is 8.97. The quantitative estimate of drug-likeness (QED) is 0.742. The van der Waals surface area contributed by atoms with Crippen LogP contribution in [0.4, 0.5) is 0 Å². The van der Waals surface area contributed by atoms with E-state index in [2.05, 4.69) is 11.4 Å². The Bertz CT molecular complexity index is 249. The number of rotatable bonds is 4. The van der Waals surface area contributed by atoms with Gasteiger partial charge in [-0.1, -0.05) is 6.42 Å². The first-order valence-corrected chi connectivity index (χ1v) is 5.21. The first-order valence-electron chi connectivity index (χ1n) is 5.21. The molecule has 1 aliphatic carbocycles. The summed E-state index contributed by atoms with van der Waals surface area (Å²) in [6, 6.07) is 2.16. The number of carbonyl (C=O) groups excluding carboxylic acids is 1. The minimum absolute atomic E-state index is 0.0954. The molecule has 14 heavy (non-hydrogen) atoms. The molecule has 0 unspecified atom stereocenters. The van der Waals surface area contributed by atoms with E-state index in [1.165, 1.54) is 19.3 Å². The second kappa shape index (κ2) is 4.45. The molecule has 0 radical (unpaired) electrons. The lowest BCUT2D eigenvalue weighted by atomic mass is 9.83. The Morgan fingerprint density at radius 3 is 2.64 bits per heavy atom. The summed E-state index contributed by atoms with van der Waals surface area (Å²) in [7, 11) is 0. The first-order chi connectivity index (χ1) is 6.53. The SMILES string of the molecule is CC(C)(C#N)CNC(=O)CC1CCC1. The van der Waals surface area contributed by atoms with Gasteiger partial charge in [-0.05, 0) is 32.6 Å². The number of carbonyl (C=O) groups is 1. The maximum absolute atomic E-state index is 11.4. The average Bonchev–Trinajstić information content (AvgIpc) is 2.08. The second-order valence-electron chi connectivity index (χ2n) is 4.77. The van der Waals surface area contributed by atoms with E-state index < -0.39 is 5.41 Å². The van der Waals surface area contributed by atoms with Gasteiger partial charge in [0.1, 0.15) is 0 Å². The van der Waals surface area contributed by atoms with Gasteiger partial charge in [0.15, 0.2) is 0 Å². The average molecular weight is 194 g/mol. The lowest BCUT2D eigenvalue weighted by Gasteiger charge is -2.25. The summed E-state index contributed by atoms with van der Waals surface area (Å²) in [5.74, 6) is 0.693. The fourth-order valence-electron chi connectivity index (χ4n) is 1.39. The summed E-state index contributed by atoms with van der Waals surface area (Å²) in [6.07, 6.45) is 4.28. The summed E-state index contributed by atoms with van der Waals surface area (Å²) < 4.78 is 0. The molecule has 0 aliphatic heterocycles. The van der Waals surface area contributed by atoms with E-state index in [-0.39, 0.29) is 5.91 Å². The Balaban J connectivity index is 2.17. The summed E-state index contributed by atoms with van der Waals surface area (Å²) >= 11 is 0. The number of hydrogen-bond acceptors (Lipinski definition) is 2. The third kappa shape index (κ3) is 3.37. The Kier molecular flexibility index (Phi) is 3.51. The molecule has 1 fully saturated rings. The van der Waals surface area contributed by atoms with Crippen LogP contribution in [0.2, 0.25) is 0 Å². The van der Waals surface area contributed by atoms with Crippen LogP contribution in [0.15, 0.2) is 0 Å². The predicted octanol–water partition coefficient (Wildman–Crippen LogP) is 1.84. The largest absolute Gasteiger partial charge is 0.355 e. The molecule has 0 aromatic carbocycles. The lowest BCUT2D eigenvalue weighted by Crippen LogP contribution is -2.34. The van der Waals surface area contributed by atoms with Crippen molar-refractivity contribution in [3.8, 4) is 6.07 Å². The van der Waals surface area contributed by atoms with Gasteiger partial charge in [0.25, 0.3) is 0 Å². The van der Waals surface area contributed by atoms with Crippen LogP contribution in [0, 0.1) is 22.7 Å². The fourth-order valence-corrected chi connectivity index (χ4v) is 1.39.